The molecule has 210 valence electrons. The molecule has 0 saturated carbocycles. The minimum Gasteiger partial charge on any atom is -0.478 e. The highest BCUT2D eigenvalue weighted by Gasteiger charge is 2.31. The Hall–Kier alpha value is -3.67. The number of ether oxygens (including phenoxy) is 2. The number of aromatic carboxylic acids is 1. The molecule has 0 spiro atoms. The Kier molecular flexibility index (Phi) is 8.24. The Balaban J connectivity index is 1.07. The second-order valence-corrected chi connectivity index (χ2v) is 9.95. The lowest BCUT2D eigenvalue weighted by molar-refractivity contribution is -0.274. The summed E-state index contributed by atoms with van der Waals surface area (Å²) in [5, 5.41) is 15.5. The van der Waals surface area contributed by atoms with Gasteiger partial charge < -0.3 is 24.8 Å². The zero-order valence-electron chi connectivity index (χ0n) is 21.2. The Morgan fingerprint density at radius 1 is 1.10 bits per heavy atom. The van der Waals surface area contributed by atoms with Gasteiger partial charge >= 0.3 is 12.3 Å². The number of hydrogen-bond donors (Lipinski definition) is 2. The summed E-state index contributed by atoms with van der Waals surface area (Å²) in [6, 6.07) is 10.9. The van der Waals surface area contributed by atoms with E-state index >= 15 is 0 Å². The molecule has 1 fully saturated rings. The lowest BCUT2D eigenvalue weighted by Crippen LogP contribution is -2.52. The van der Waals surface area contributed by atoms with Gasteiger partial charge in [0, 0.05) is 59.8 Å². The van der Waals surface area contributed by atoms with Gasteiger partial charge in [-0.15, -0.1) is 13.2 Å². The van der Waals surface area contributed by atoms with Gasteiger partial charge in [0.05, 0.1) is 17.2 Å². The van der Waals surface area contributed by atoms with Crippen molar-refractivity contribution in [1.82, 2.24) is 15.3 Å². The first kappa shape index (κ1) is 27.9. The van der Waals surface area contributed by atoms with Gasteiger partial charge in [-0.3, -0.25) is 4.98 Å². The number of carboxylic acids is 1. The summed E-state index contributed by atoms with van der Waals surface area (Å²) < 4.78 is 47.3. The quantitative estimate of drug-likeness (QED) is 0.171. The van der Waals surface area contributed by atoms with E-state index in [2.05, 4.69) is 19.9 Å². The van der Waals surface area contributed by atoms with E-state index in [-0.39, 0.29) is 22.4 Å². The maximum atomic E-state index is 12.5. The van der Waals surface area contributed by atoms with Crippen molar-refractivity contribution in [2.45, 2.75) is 31.9 Å². The van der Waals surface area contributed by atoms with Gasteiger partial charge in [-0.1, -0.05) is 17.7 Å². The SMILES string of the molecule is O=C(O)c1ccc2c(c1)nc(N1CC(OCCCCNCc3cc(Cl)cc(OC(F)(F)F)c3)C1)c1ccncc12. The van der Waals surface area contributed by atoms with E-state index in [1.165, 1.54) is 6.07 Å². The topological polar surface area (TPSA) is 96.8 Å². The van der Waals surface area contributed by atoms with E-state index in [0.29, 0.717) is 43.9 Å². The van der Waals surface area contributed by atoms with Gasteiger partial charge in [0.1, 0.15) is 11.6 Å². The number of nitrogens with one attached hydrogen (secondary N) is 1. The number of carbonyl (C=O) groups is 1. The van der Waals surface area contributed by atoms with E-state index in [1.807, 2.05) is 6.07 Å². The molecule has 0 atom stereocenters. The Morgan fingerprint density at radius 2 is 1.93 bits per heavy atom. The van der Waals surface area contributed by atoms with Crippen LogP contribution in [0.5, 0.6) is 5.75 Å². The molecule has 1 saturated heterocycles. The van der Waals surface area contributed by atoms with Crippen LogP contribution in [0.3, 0.4) is 0 Å². The number of rotatable bonds is 11. The summed E-state index contributed by atoms with van der Waals surface area (Å²) in [5.41, 5.74) is 1.39. The van der Waals surface area contributed by atoms with Gasteiger partial charge in [-0.25, -0.2) is 9.78 Å². The minimum absolute atomic E-state index is 0.0613. The number of unbranched alkanes of at least 4 members (excludes halogenated alkanes) is 1. The van der Waals surface area contributed by atoms with Gasteiger partial charge in [0.15, 0.2) is 0 Å². The molecule has 0 radical (unpaired) electrons. The van der Waals surface area contributed by atoms with Crippen LogP contribution >= 0.6 is 11.6 Å². The minimum atomic E-state index is -4.77. The van der Waals surface area contributed by atoms with Crippen LogP contribution in [0.1, 0.15) is 28.8 Å². The number of anilines is 1. The predicted molar refractivity (Wildman–Crippen MR) is 145 cm³/mol. The number of benzene rings is 2. The number of hydrogen-bond acceptors (Lipinski definition) is 7. The molecular formula is C28H26ClF3N4O4. The van der Waals surface area contributed by atoms with E-state index in [0.717, 1.165) is 40.9 Å². The molecule has 0 aliphatic carbocycles. The van der Waals surface area contributed by atoms with Crippen LogP contribution in [0, 0.1) is 0 Å². The monoisotopic (exact) mass is 574 g/mol. The van der Waals surface area contributed by atoms with Crippen LogP contribution < -0.4 is 15.0 Å². The number of fused-ring (bicyclic) bond motifs is 3. The first-order valence-electron chi connectivity index (χ1n) is 12.7. The second-order valence-electron chi connectivity index (χ2n) is 9.52. The molecule has 5 rings (SSSR count). The summed E-state index contributed by atoms with van der Waals surface area (Å²) in [6.07, 6.45) is 0.435. The number of carboxylic acid groups (broad SMARTS) is 1. The number of nitrogens with zero attached hydrogens (tertiary/aromatic N) is 3. The second kappa shape index (κ2) is 11.8. The van der Waals surface area contributed by atoms with Crippen molar-refractivity contribution < 1.29 is 32.5 Å². The fourth-order valence-electron chi connectivity index (χ4n) is 4.67. The Labute approximate surface area is 232 Å². The van der Waals surface area contributed by atoms with Crippen LogP contribution in [0.4, 0.5) is 19.0 Å². The molecule has 2 aromatic heterocycles. The molecule has 0 bridgehead atoms. The third-order valence-corrected chi connectivity index (χ3v) is 6.78. The number of aromatic nitrogens is 2. The van der Waals surface area contributed by atoms with Crippen molar-refractivity contribution in [2.24, 2.45) is 0 Å². The lowest BCUT2D eigenvalue weighted by Gasteiger charge is -2.40. The van der Waals surface area contributed by atoms with Crippen molar-refractivity contribution in [3.8, 4) is 5.75 Å². The standard InChI is InChI=1S/C28H26ClF3N4O4/c29-19-9-17(10-20(12-19)40-28(30,31)32)13-33-6-1-2-8-39-21-15-36(16-21)26-23-5-7-34-14-24(23)22-4-3-18(27(37)38)11-25(22)35-26/h3-5,7,9-12,14,21,33H,1-2,6,8,13,15-16H2,(H,37,38). The molecular weight excluding hydrogens is 549 g/mol. The molecule has 2 N–H and O–H groups in total. The summed E-state index contributed by atoms with van der Waals surface area (Å²) in [6.45, 7) is 2.96. The highest BCUT2D eigenvalue weighted by Crippen LogP contribution is 2.34. The molecule has 1 aliphatic rings. The number of halogens is 4. The third-order valence-electron chi connectivity index (χ3n) is 6.57. The normalized spacial score (nSPS) is 14.1. The van der Waals surface area contributed by atoms with Crippen molar-refractivity contribution in [3.63, 3.8) is 0 Å². The molecule has 12 heteroatoms. The first-order valence-corrected chi connectivity index (χ1v) is 13.1. The molecule has 0 amide bonds. The lowest BCUT2D eigenvalue weighted by atomic mass is 10.0. The Bertz CT molecular complexity index is 1530. The van der Waals surface area contributed by atoms with Crippen molar-refractivity contribution in [1.29, 1.82) is 0 Å². The third kappa shape index (κ3) is 6.72. The van der Waals surface area contributed by atoms with Crippen molar-refractivity contribution in [2.75, 3.05) is 31.1 Å². The van der Waals surface area contributed by atoms with E-state index in [1.54, 1.807) is 36.7 Å². The van der Waals surface area contributed by atoms with Crippen molar-refractivity contribution >= 4 is 45.1 Å². The molecule has 0 unspecified atom stereocenters. The van der Waals surface area contributed by atoms with Crippen LogP contribution in [-0.4, -0.2) is 59.8 Å². The molecule has 4 aromatic rings. The van der Waals surface area contributed by atoms with Gasteiger partial charge in [-0.2, -0.15) is 0 Å². The largest absolute Gasteiger partial charge is 0.573 e. The van der Waals surface area contributed by atoms with Crippen LogP contribution in [0.2, 0.25) is 5.02 Å². The maximum Gasteiger partial charge on any atom is 0.573 e. The van der Waals surface area contributed by atoms with Gasteiger partial charge in [-0.05, 0) is 61.3 Å². The summed E-state index contributed by atoms with van der Waals surface area (Å²) in [5.74, 6) is -0.562. The first-order chi connectivity index (χ1) is 19.2. The maximum absolute atomic E-state index is 12.5. The zero-order chi connectivity index (χ0) is 28.3. The summed E-state index contributed by atoms with van der Waals surface area (Å²) in [7, 11) is 0. The van der Waals surface area contributed by atoms with Gasteiger partial charge in [0.2, 0.25) is 0 Å². The van der Waals surface area contributed by atoms with E-state index in [4.69, 9.17) is 21.3 Å². The molecule has 2 aromatic carbocycles. The fraction of sp³-hybridized carbons (Fsp3) is 0.321. The highest BCUT2D eigenvalue weighted by atomic mass is 35.5. The highest BCUT2D eigenvalue weighted by molar-refractivity contribution is 6.30. The molecule has 8 nitrogen and oxygen atoms in total. The Morgan fingerprint density at radius 3 is 2.70 bits per heavy atom. The van der Waals surface area contributed by atoms with Crippen LogP contribution in [0.25, 0.3) is 21.7 Å². The summed E-state index contributed by atoms with van der Waals surface area (Å²) in [4.78, 5) is 22.6. The van der Waals surface area contributed by atoms with E-state index < -0.39 is 12.3 Å². The number of pyridine rings is 2. The predicted octanol–water partition coefficient (Wildman–Crippen LogP) is 5.81. The van der Waals surface area contributed by atoms with E-state index in [9.17, 15) is 23.1 Å². The van der Waals surface area contributed by atoms with Crippen LogP contribution in [-0.2, 0) is 11.3 Å². The van der Waals surface area contributed by atoms with Crippen LogP contribution in [0.15, 0.2) is 54.9 Å². The van der Waals surface area contributed by atoms with Gasteiger partial charge in [0.25, 0.3) is 0 Å². The molecule has 3 heterocycles. The fourth-order valence-corrected chi connectivity index (χ4v) is 4.92. The molecule has 1 aliphatic heterocycles. The average Bonchev–Trinajstić information content (AvgIpc) is 2.87. The van der Waals surface area contributed by atoms with Crippen molar-refractivity contribution in [3.05, 3.63) is 71.0 Å². The molecule has 40 heavy (non-hydrogen) atoms. The zero-order valence-corrected chi connectivity index (χ0v) is 22.0. The smallest absolute Gasteiger partial charge is 0.478 e. The number of alkyl halides is 3. The summed E-state index contributed by atoms with van der Waals surface area (Å²) >= 11 is 5.91. The average molecular weight is 575 g/mol.